The molecule has 1 heterocycles. The number of hydrogen-bond acceptors (Lipinski definition) is 5. The molecule has 0 saturated carbocycles. The Kier molecular flexibility index (Phi) is 7.01. The van der Waals surface area contributed by atoms with E-state index in [4.69, 9.17) is 4.74 Å². The summed E-state index contributed by atoms with van der Waals surface area (Å²) in [6, 6.07) is 25.3. The van der Waals surface area contributed by atoms with E-state index in [1.165, 1.54) is 0 Å². The lowest BCUT2D eigenvalue weighted by Gasteiger charge is -2.27. The number of ether oxygens (including phenoxy) is 1. The van der Waals surface area contributed by atoms with Gasteiger partial charge in [0.05, 0.1) is 23.6 Å². The molecule has 1 unspecified atom stereocenters. The van der Waals surface area contributed by atoms with Crippen LogP contribution in [0, 0.1) is 6.92 Å². The first kappa shape index (κ1) is 25.6. The lowest BCUT2D eigenvalue weighted by atomic mass is 10.1. The number of aryl methyl sites for hydroxylation is 1. The van der Waals surface area contributed by atoms with Crippen LogP contribution in [0.3, 0.4) is 0 Å². The van der Waals surface area contributed by atoms with E-state index in [9.17, 15) is 18.0 Å². The Morgan fingerprint density at radius 2 is 1.58 bits per heavy atom. The van der Waals surface area contributed by atoms with Gasteiger partial charge in [0.15, 0.2) is 0 Å². The summed E-state index contributed by atoms with van der Waals surface area (Å²) in [5, 5.41) is 1.68. The highest BCUT2D eigenvalue weighted by Gasteiger charge is 2.47. The second-order valence-electron chi connectivity index (χ2n) is 9.26. The van der Waals surface area contributed by atoms with Crippen molar-refractivity contribution in [2.24, 2.45) is 0 Å². The second-order valence-corrected chi connectivity index (χ2v) is 11.1. The normalized spacial score (nSPS) is 16.0. The Bertz CT molecular complexity index is 1600. The second kappa shape index (κ2) is 10.4. The summed E-state index contributed by atoms with van der Waals surface area (Å²) in [5.41, 5.74) is 2.13. The summed E-state index contributed by atoms with van der Waals surface area (Å²) < 4.78 is 34.8. The zero-order chi connectivity index (χ0) is 26.9. The van der Waals surface area contributed by atoms with Gasteiger partial charge in [-0.25, -0.2) is 13.3 Å². The van der Waals surface area contributed by atoms with Gasteiger partial charge in [-0.05, 0) is 66.6 Å². The molecule has 0 radical (unpaired) electrons. The van der Waals surface area contributed by atoms with Crippen LogP contribution < -0.4 is 9.64 Å². The van der Waals surface area contributed by atoms with E-state index in [-0.39, 0.29) is 17.9 Å². The number of fused-ring (bicyclic) bond motifs is 1. The SMILES string of the molecule is CCOc1ccc(N2C(=O)CC(N(Cc3ccc(C)cc3)S(=O)(=O)c3ccc4ccccc4c3)C2=O)cc1. The van der Waals surface area contributed by atoms with E-state index in [0.29, 0.717) is 18.0 Å². The summed E-state index contributed by atoms with van der Waals surface area (Å²) in [4.78, 5) is 27.9. The van der Waals surface area contributed by atoms with Crippen molar-refractivity contribution in [3.05, 3.63) is 102 Å². The Labute approximate surface area is 222 Å². The Balaban J connectivity index is 1.54. The average Bonchev–Trinajstić information content (AvgIpc) is 3.21. The molecule has 0 bridgehead atoms. The maximum Gasteiger partial charge on any atom is 0.252 e. The van der Waals surface area contributed by atoms with Crippen molar-refractivity contribution < 1.29 is 22.7 Å². The quantitative estimate of drug-likeness (QED) is 0.298. The summed E-state index contributed by atoms with van der Waals surface area (Å²) >= 11 is 0. The first-order valence-electron chi connectivity index (χ1n) is 12.4. The van der Waals surface area contributed by atoms with Crippen LogP contribution in [0.25, 0.3) is 10.8 Å². The zero-order valence-electron chi connectivity index (χ0n) is 21.2. The molecule has 5 rings (SSSR count). The van der Waals surface area contributed by atoms with Gasteiger partial charge in [0, 0.05) is 6.54 Å². The topological polar surface area (TPSA) is 84.0 Å². The number of carbonyl (C=O) groups excluding carboxylic acids is 2. The predicted molar refractivity (Wildman–Crippen MR) is 146 cm³/mol. The molecule has 1 aliphatic rings. The monoisotopic (exact) mass is 528 g/mol. The fraction of sp³-hybridized carbons (Fsp3) is 0.200. The third-order valence-corrected chi connectivity index (χ3v) is 8.51. The summed E-state index contributed by atoms with van der Waals surface area (Å²) in [6.07, 6.45) is -0.245. The van der Waals surface area contributed by atoms with Crippen molar-refractivity contribution in [1.29, 1.82) is 0 Å². The van der Waals surface area contributed by atoms with Gasteiger partial charge >= 0.3 is 0 Å². The highest BCUT2D eigenvalue weighted by molar-refractivity contribution is 7.89. The molecule has 1 aliphatic heterocycles. The van der Waals surface area contributed by atoms with Crippen LogP contribution in [0.15, 0.2) is 95.9 Å². The minimum absolute atomic E-state index is 0.0454. The molecule has 1 saturated heterocycles. The number of carbonyl (C=O) groups is 2. The minimum Gasteiger partial charge on any atom is -0.494 e. The number of amides is 2. The fourth-order valence-corrected chi connectivity index (χ4v) is 6.28. The molecule has 0 aliphatic carbocycles. The highest BCUT2D eigenvalue weighted by atomic mass is 32.2. The van der Waals surface area contributed by atoms with Crippen molar-refractivity contribution in [2.75, 3.05) is 11.5 Å². The zero-order valence-corrected chi connectivity index (χ0v) is 22.0. The number of rotatable bonds is 8. The molecular formula is C30H28N2O5S. The van der Waals surface area contributed by atoms with E-state index in [1.807, 2.05) is 62.4 Å². The van der Waals surface area contributed by atoms with Gasteiger partial charge in [-0.3, -0.25) is 9.59 Å². The number of benzene rings is 4. The van der Waals surface area contributed by atoms with E-state index >= 15 is 0 Å². The van der Waals surface area contributed by atoms with Crippen molar-refractivity contribution in [3.8, 4) is 5.75 Å². The van der Waals surface area contributed by atoms with Gasteiger partial charge in [0.2, 0.25) is 15.9 Å². The number of sulfonamides is 1. The molecule has 7 nitrogen and oxygen atoms in total. The molecule has 0 spiro atoms. The van der Waals surface area contributed by atoms with Crippen LogP contribution in [0.4, 0.5) is 5.69 Å². The third kappa shape index (κ3) is 4.92. The molecule has 4 aromatic rings. The molecule has 2 amide bonds. The van der Waals surface area contributed by atoms with Crippen molar-refractivity contribution >= 4 is 38.3 Å². The Morgan fingerprint density at radius 1 is 0.895 bits per heavy atom. The maximum atomic E-state index is 14.1. The van der Waals surface area contributed by atoms with E-state index in [2.05, 4.69) is 0 Å². The standard InChI is InChI=1S/C30H28N2O5S/c1-3-37-26-15-13-25(14-16-26)32-29(33)19-28(30(32)34)31(20-22-10-8-21(2)9-11-22)38(35,36)27-17-12-23-6-4-5-7-24(23)18-27/h4-18,28H,3,19-20H2,1-2H3. The summed E-state index contributed by atoms with van der Waals surface area (Å²) in [6.45, 7) is 4.26. The van der Waals surface area contributed by atoms with E-state index in [0.717, 1.165) is 31.1 Å². The molecule has 1 fully saturated rings. The molecule has 1 atom stereocenters. The number of nitrogens with zero attached hydrogens (tertiary/aromatic N) is 2. The summed E-state index contributed by atoms with van der Waals surface area (Å²) in [7, 11) is -4.15. The molecule has 0 N–H and O–H groups in total. The Hall–Kier alpha value is -4.01. The first-order chi connectivity index (χ1) is 18.3. The van der Waals surface area contributed by atoms with Gasteiger partial charge in [0.1, 0.15) is 11.8 Å². The smallest absolute Gasteiger partial charge is 0.252 e. The van der Waals surface area contributed by atoms with E-state index in [1.54, 1.807) is 42.5 Å². The van der Waals surface area contributed by atoms with Gasteiger partial charge in [-0.2, -0.15) is 4.31 Å². The molecule has 38 heavy (non-hydrogen) atoms. The number of anilines is 1. The molecular weight excluding hydrogens is 500 g/mol. The third-order valence-electron chi connectivity index (χ3n) is 6.66. The lowest BCUT2D eigenvalue weighted by Crippen LogP contribution is -2.45. The fourth-order valence-electron chi connectivity index (χ4n) is 4.67. The largest absolute Gasteiger partial charge is 0.494 e. The van der Waals surface area contributed by atoms with Crippen LogP contribution >= 0.6 is 0 Å². The summed E-state index contributed by atoms with van der Waals surface area (Å²) in [5.74, 6) is -0.408. The Morgan fingerprint density at radius 3 is 2.26 bits per heavy atom. The lowest BCUT2D eigenvalue weighted by molar-refractivity contribution is -0.122. The van der Waals surface area contributed by atoms with E-state index < -0.39 is 27.9 Å². The number of hydrogen-bond donors (Lipinski definition) is 0. The van der Waals surface area contributed by atoms with Crippen molar-refractivity contribution in [1.82, 2.24) is 4.31 Å². The van der Waals surface area contributed by atoms with Gasteiger partial charge in [-0.15, -0.1) is 0 Å². The van der Waals surface area contributed by atoms with Crippen LogP contribution in [-0.4, -0.2) is 37.2 Å². The van der Waals surface area contributed by atoms with Crippen molar-refractivity contribution in [3.63, 3.8) is 0 Å². The minimum atomic E-state index is -4.15. The predicted octanol–water partition coefficient (Wildman–Crippen LogP) is 5.07. The van der Waals surface area contributed by atoms with Crippen LogP contribution in [-0.2, 0) is 26.2 Å². The van der Waals surface area contributed by atoms with Gasteiger partial charge < -0.3 is 4.74 Å². The first-order valence-corrected chi connectivity index (χ1v) is 13.9. The van der Waals surface area contributed by atoms with Crippen LogP contribution in [0.5, 0.6) is 5.75 Å². The van der Waals surface area contributed by atoms with Gasteiger partial charge in [-0.1, -0.05) is 60.2 Å². The molecule has 4 aromatic carbocycles. The van der Waals surface area contributed by atoms with Crippen LogP contribution in [0.1, 0.15) is 24.5 Å². The van der Waals surface area contributed by atoms with Crippen LogP contribution in [0.2, 0.25) is 0 Å². The van der Waals surface area contributed by atoms with Gasteiger partial charge in [0.25, 0.3) is 5.91 Å². The molecule has 0 aromatic heterocycles. The number of imide groups is 1. The maximum absolute atomic E-state index is 14.1. The highest BCUT2D eigenvalue weighted by Crippen LogP contribution is 2.32. The van der Waals surface area contributed by atoms with Crippen molar-refractivity contribution in [2.45, 2.75) is 37.8 Å². The molecule has 194 valence electrons. The molecule has 8 heteroatoms. The average molecular weight is 529 g/mol.